The molecule has 1 atom stereocenters. The molecule has 0 aliphatic heterocycles. The van der Waals surface area contributed by atoms with Crippen molar-refractivity contribution >= 4 is 17.1 Å². The molecule has 23 heavy (non-hydrogen) atoms. The van der Waals surface area contributed by atoms with Crippen molar-refractivity contribution in [2.75, 3.05) is 10.6 Å². The van der Waals surface area contributed by atoms with Gasteiger partial charge in [0.15, 0.2) is 0 Å². The van der Waals surface area contributed by atoms with E-state index in [2.05, 4.69) is 31.4 Å². The second kappa shape index (κ2) is 6.25. The molecule has 120 valence electrons. The normalized spacial score (nSPS) is 12.7. The van der Waals surface area contributed by atoms with Gasteiger partial charge in [-0.2, -0.15) is 5.26 Å². The molecule has 0 unspecified atom stereocenters. The van der Waals surface area contributed by atoms with Crippen LogP contribution in [0.15, 0.2) is 33.9 Å². The highest BCUT2D eigenvalue weighted by Gasteiger charge is 2.24. The molecule has 0 spiro atoms. The lowest BCUT2D eigenvalue weighted by Gasteiger charge is -2.26. The van der Waals surface area contributed by atoms with Gasteiger partial charge >= 0.3 is 0 Å². The van der Waals surface area contributed by atoms with Crippen LogP contribution in [0, 0.1) is 16.7 Å². The van der Waals surface area contributed by atoms with E-state index >= 15 is 0 Å². The molecule has 0 saturated carbocycles. The number of benzene rings is 1. The molecule has 0 fully saturated rings. The number of nitriles is 1. The zero-order valence-electron chi connectivity index (χ0n) is 13.9. The largest absolute Gasteiger partial charge is 0.377 e. The molecule has 2 N–H and O–H groups in total. The minimum Gasteiger partial charge on any atom is -0.377 e. The Kier molecular flexibility index (Phi) is 4.55. The summed E-state index contributed by atoms with van der Waals surface area (Å²) in [6.07, 6.45) is 0.877. The van der Waals surface area contributed by atoms with Crippen molar-refractivity contribution in [2.24, 2.45) is 5.41 Å². The number of anilines is 3. The first-order valence-corrected chi connectivity index (χ1v) is 7.58. The van der Waals surface area contributed by atoms with Crippen molar-refractivity contribution in [3.8, 4) is 6.07 Å². The molecule has 0 aliphatic rings. The number of nitrogens with zero attached hydrogens (tertiary/aromatic N) is 1. The highest BCUT2D eigenvalue weighted by molar-refractivity contribution is 5.78. The highest BCUT2D eigenvalue weighted by atomic mass is 16.2. The minimum absolute atomic E-state index is 0.0832. The smallest absolute Gasteiger partial charge is 0.253 e. The van der Waals surface area contributed by atoms with Crippen molar-refractivity contribution < 1.29 is 0 Å². The monoisotopic (exact) mass is 311 g/mol. The third-order valence-corrected chi connectivity index (χ3v) is 3.50. The van der Waals surface area contributed by atoms with Crippen LogP contribution in [-0.4, -0.2) is 6.04 Å². The molecule has 0 heterocycles. The van der Waals surface area contributed by atoms with Gasteiger partial charge in [0.25, 0.3) is 10.9 Å². The van der Waals surface area contributed by atoms with Crippen LogP contribution in [0.3, 0.4) is 0 Å². The molecule has 2 aromatic carbocycles. The van der Waals surface area contributed by atoms with Gasteiger partial charge in [0.05, 0.1) is 11.6 Å². The van der Waals surface area contributed by atoms with E-state index in [4.69, 9.17) is 5.26 Å². The maximum atomic E-state index is 11.8. The van der Waals surface area contributed by atoms with E-state index in [1.807, 2.05) is 13.0 Å². The summed E-state index contributed by atoms with van der Waals surface area (Å²) in [5.41, 5.74) is 0.975. The summed E-state index contributed by atoms with van der Waals surface area (Å²) >= 11 is 0. The number of nitrogens with one attached hydrogen (secondary N) is 2. The van der Waals surface area contributed by atoms with Crippen molar-refractivity contribution in [2.45, 2.75) is 40.2 Å². The Bertz CT molecular complexity index is 801. The standard InChI is InChI=1S/C18H21N3O2/c1-11(9-18(2,3)4)20-14-15(17(23)16(14)22)21-13-7-5-12(10-19)6-8-13/h5-8,11,20-21H,9H2,1-4H3/t11-/m1/s1. The maximum Gasteiger partial charge on any atom is 0.253 e. The lowest BCUT2D eigenvalue weighted by molar-refractivity contribution is 0.358. The average molecular weight is 311 g/mol. The van der Waals surface area contributed by atoms with Crippen LogP contribution in [-0.2, 0) is 0 Å². The summed E-state index contributed by atoms with van der Waals surface area (Å²) in [5, 5.41) is 14.9. The first-order chi connectivity index (χ1) is 10.7. The number of hydrogen-bond donors (Lipinski definition) is 2. The molecule has 2 rings (SSSR count). The van der Waals surface area contributed by atoms with Gasteiger partial charge in [0.2, 0.25) is 0 Å². The van der Waals surface area contributed by atoms with E-state index in [-0.39, 0.29) is 11.5 Å². The van der Waals surface area contributed by atoms with E-state index in [9.17, 15) is 9.59 Å². The number of rotatable bonds is 5. The quantitative estimate of drug-likeness (QED) is 0.829. The van der Waals surface area contributed by atoms with Gasteiger partial charge in [-0.15, -0.1) is 0 Å². The molecular weight excluding hydrogens is 290 g/mol. The fourth-order valence-electron chi connectivity index (χ4n) is 2.64. The minimum atomic E-state index is -0.514. The molecular formula is C18H21N3O2. The second-order valence-electron chi connectivity index (χ2n) is 7.03. The Labute approximate surface area is 135 Å². The Morgan fingerprint density at radius 2 is 1.65 bits per heavy atom. The molecule has 0 aliphatic carbocycles. The topological polar surface area (TPSA) is 82.0 Å². The van der Waals surface area contributed by atoms with Crippen molar-refractivity contribution in [1.82, 2.24) is 0 Å². The summed E-state index contributed by atoms with van der Waals surface area (Å²) < 4.78 is 0. The predicted octanol–water partition coefficient (Wildman–Crippen LogP) is 3.13. The molecule has 2 aromatic rings. The highest BCUT2D eigenvalue weighted by Crippen LogP contribution is 2.25. The van der Waals surface area contributed by atoms with Crippen molar-refractivity contribution in [3.05, 3.63) is 50.3 Å². The Balaban J connectivity index is 2.15. The van der Waals surface area contributed by atoms with E-state index in [0.717, 1.165) is 6.42 Å². The zero-order valence-corrected chi connectivity index (χ0v) is 13.9. The van der Waals surface area contributed by atoms with E-state index < -0.39 is 10.9 Å². The van der Waals surface area contributed by atoms with Gasteiger partial charge in [-0.05, 0) is 43.0 Å². The van der Waals surface area contributed by atoms with Crippen LogP contribution in [0.25, 0.3) is 0 Å². The van der Waals surface area contributed by atoms with Crippen molar-refractivity contribution in [1.29, 1.82) is 5.26 Å². The van der Waals surface area contributed by atoms with Crippen LogP contribution >= 0.6 is 0 Å². The maximum absolute atomic E-state index is 11.8. The first-order valence-electron chi connectivity index (χ1n) is 7.58. The Morgan fingerprint density at radius 3 is 2.17 bits per heavy atom. The molecule has 5 nitrogen and oxygen atoms in total. The van der Waals surface area contributed by atoms with Crippen LogP contribution in [0.5, 0.6) is 0 Å². The molecule has 0 bridgehead atoms. The fourth-order valence-corrected chi connectivity index (χ4v) is 2.64. The summed E-state index contributed by atoms with van der Waals surface area (Å²) in [6.45, 7) is 8.38. The van der Waals surface area contributed by atoms with Crippen molar-refractivity contribution in [3.63, 3.8) is 0 Å². The van der Waals surface area contributed by atoms with Gasteiger partial charge < -0.3 is 10.6 Å². The van der Waals surface area contributed by atoms with Gasteiger partial charge in [0.1, 0.15) is 11.4 Å². The average Bonchev–Trinajstić information content (AvgIpc) is 2.49. The van der Waals surface area contributed by atoms with Gasteiger partial charge in [-0.25, -0.2) is 0 Å². The van der Waals surface area contributed by atoms with Gasteiger partial charge in [-0.1, -0.05) is 20.8 Å². The van der Waals surface area contributed by atoms with Crippen LogP contribution < -0.4 is 21.5 Å². The summed E-state index contributed by atoms with van der Waals surface area (Å²) in [6, 6.07) is 8.84. The molecule has 0 amide bonds. The summed E-state index contributed by atoms with van der Waals surface area (Å²) in [7, 11) is 0. The first kappa shape index (κ1) is 16.8. The van der Waals surface area contributed by atoms with Gasteiger partial charge in [-0.3, -0.25) is 9.59 Å². The Hall–Kier alpha value is -2.61. The zero-order chi connectivity index (χ0) is 17.2. The summed E-state index contributed by atoms with van der Waals surface area (Å²) in [4.78, 5) is 23.6. The van der Waals surface area contributed by atoms with Crippen LogP contribution in [0.4, 0.5) is 17.1 Å². The van der Waals surface area contributed by atoms with E-state index in [0.29, 0.717) is 22.6 Å². The third kappa shape index (κ3) is 3.98. The molecule has 0 aromatic heterocycles. The lowest BCUT2D eigenvalue weighted by atomic mass is 9.88. The molecule has 5 heteroatoms. The van der Waals surface area contributed by atoms with Gasteiger partial charge in [0, 0.05) is 11.7 Å². The lowest BCUT2D eigenvalue weighted by Crippen LogP contribution is -2.39. The molecule has 0 radical (unpaired) electrons. The third-order valence-electron chi connectivity index (χ3n) is 3.50. The van der Waals surface area contributed by atoms with E-state index in [1.165, 1.54) is 0 Å². The summed E-state index contributed by atoms with van der Waals surface area (Å²) in [5.74, 6) is 0. The second-order valence-corrected chi connectivity index (χ2v) is 7.03. The fraction of sp³-hybridized carbons (Fsp3) is 0.389. The number of hydrogen-bond acceptors (Lipinski definition) is 5. The molecule has 0 saturated heterocycles. The predicted molar refractivity (Wildman–Crippen MR) is 93.0 cm³/mol. The van der Waals surface area contributed by atoms with Crippen LogP contribution in [0.2, 0.25) is 0 Å². The SMILES string of the molecule is C[C@H](CC(C)(C)C)Nc1c(Nc2ccc(C#N)cc2)c(=O)c1=O. The van der Waals surface area contributed by atoms with E-state index in [1.54, 1.807) is 24.3 Å². The Morgan fingerprint density at radius 1 is 1.09 bits per heavy atom. The van der Waals surface area contributed by atoms with Crippen LogP contribution in [0.1, 0.15) is 39.7 Å².